The van der Waals surface area contributed by atoms with Crippen molar-refractivity contribution in [2.75, 3.05) is 4.90 Å². The zero-order valence-electron chi connectivity index (χ0n) is 13.7. The van der Waals surface area contributed by atoms with Gasteiger partial charge in [0.1, 0.15) is 5.57 Å². The summed E-state index contributed by atoms with van der Waals surface area (Å²) in [7, 11) is 0. The van der Waals surface area contributed by atoms with Crippen LogP contribution in [0.25, 0.3) is 6.08 Å². The van der Waals surface area contributed by atoms with E-state index in [0.717, 1.165) is 16.0 Å². The maximum atomic E-state index is 12.8. The van der Waals surface area contributed by atoms with Crippen molar-refractivity contribution in [3.63, 3.8) is 0 Å². The predicted molar refractivity (Wildman–Crippen MR) is 96.4 cm³/mol. The Labute approximate surface area is 149 Å². The normalized spacial score (nSPS) is 16.4. The molecule has 0 bridgehead atoms. The van der Waals surface area contributed by atoms with Crippen LogP contribution in [0, 0.1) is 13.8 Å². The summed E-state index contributed by atoms with van der Waals surface area (Å²) in [6.45, 7) is 3.72. The second kappa shape index (κ2) is 6.53. The lowest BCUT2D eigenvalue weighted by molar-refractivity contribution is -0.122. The van der Waals surface area contributed by atoms with Gasteiger partial charge < -0.3 is 0 Å². The summed E-state index contributed by atoms with van der Waals surface area (Å²) in [4.78, 5) is 38.2. The number of urea groups is 1. The molecule has 5 nitrogen and oxygen atoms in total. The van der Waals surface area contributed by atoms with E-state index in [9.17, 15) is 14.4 Å². The van der Waals surface area contributed by atoms with Crippen molar-refractivity contribution in [2.24, 2.45) is 0 Å². The van der Waals surface area contributed by atoms with Gasteiger partial charge in [0, 0.05) is 5.02 Å². The van der Waals surface area contributed by atoms with Gasteiger partial charge in [-0.05, 0) is 49.2 Å². The zero-order valence-corrected chi connectivity index (χ0v) is 14.4. The number of barbiturate groups is 1. The molecule has 1 aliphatic heterocycles. The monoisotopic (exact) mass is 354 g/mol. The molecule has 1 fully saturated rings. The molecule has 1 aliphatic rings. The van der Waals surface area contributed by atoms with Gasteiger partial charge in [-0.15, -0.1) is 0 Å². The highest BCUT2D eigenvalue weighted by Gasteiger charge is 2.37. The Hall–Kier alpha value is -2.92. The topological polar surface area (TPSA) is 66.5 Å². The summed E-state index contributed by atoms with van der Waals surface area (Å²) in [6.07, 6.45) is 1.42. The van der Waals surface area contributed by atoms with Gasteiger partial charge >= 0.3 is 6.03 Å². The Morgan fingerprint density at radius 2 is 1.80 bits per heavy atom. The average Bonchev–Trinajstić information content (AvgIpc) is 2.53. The second-order valence-electron chi connectivity index (χ2n) is 5.80. The summed E-state index contributed by atoms with van der Waals surface area (Å²) in [5.41, 5.74) is 2.69. The number of rotatable bonds is 2. The number of nitrogens with one attached hydrogen (secondary N) is 1. The number of imide groups is 2. The van der Waals surface area contributed by atoms with Crippen LogP contribution in [0.1, 0.15) is 16.7 Å². The summed E-state index contributed by atoms with van der Waals surface area (Å²) in [5, 5.41) is 2.70. The van der Waals surface area contributed by atoms with Crippen LogP contribution in [0.2, 0.25) is 5.02 Å². The number of halogens is 1. The first-order valence-corrected chi connectivity index (χ1v) is 7.99. The molecule has 1 saturated heterocycles. The number of hydrogen-bond acceptors (Lipinski definition) is 3. The van der Waals surface area contributed by atoms with Crippen LogP contribution in [0.5, 0.6) is 0 Å². The third kappa shape index (κ3) is 3.32. The molecule has 2 aromatic rings. The van der Waals surface area contributed by atoms with E-state index >= 15 is 0 Å². The standard InChI is InChI=1S/C19H15ClN2O3/c1-11-6-7-16(12(2)8-11)22-18(24)15(17(23)21-19(22)25)10-13-4-3-5-14(20)9-13/h3-10H,1-2H3,(H,21,23,25)/b15-10+. The third-order valence-corrected chi connectivity index (χ3v) is 4.09. The largest absolute Gasteiger partial charge is 0.335 e. The highest BCUT2D eigenvalue weighted by atomic mass is 35.5. The molecular formula is C19H15ClN2O3. The smallest absolute Gasteiger partial charge is 0.273 e. The Balaban J connectivity index is 2.05. The Morgan fingerprint density at radius 3 is 2.48 bits per heavy atom. The maximum Gasteiger partial charge on any atom is 0.335 e. The van der Waals surface area contributed by atoms with E-state index in [-0.39, 0.29) is 5.57 Å². The van der Waals surface area contributed by atoms with Crippen LogP contribution in [-0.4, -0.2) is 17.8 Å². The van der Waals surface area contributed by atoms with E-state index in [4.69, 9.17) is 11.6 Å². The van der Waals surface area contributed by atoms with Crippen LogP contribution in [0.4, 0.5) is 10.5 Å². The molecule has 6 heteroatoms. The SMILES string of the molecule is Cc1ccc(N2C(=O)NC(=O)/C(=C\c3cccc(Cl)c3)C2=O)c(C)c1. The van der Waals surface area contributed by atoms with Crippen LogP contribution in [-0.2, 0) is 9.59 Å². The molecule has 0 unspecified atom stereocenters. The molecule has 0 aromatic heterocycles. The minimum Gasteiger partial charge on any atom is -0.273 e. The van der Waals surface area contributed by atoms with Gasteiger partial charge in [0.25, 0.3) is 11.8 Å². The molecule has 2 aromatic carbocycles. The lowest BCUT2D eigenvalue weighted by Gasteiger charge is -2.27. The Bertz CT molecular complexity index is 934. The number of hydrogen-bond donors (Lipinski definition) is 1. The van der Waals surface area contributed by atoms with Crippen molar-refractivity contribution in [2.45, 2.75) is 13.8 Å². The molecule has 0 saturated carbocycles. The van der Waals surface area contributed by atoms with Crippen LogP contribution in [0.3, 0.4) is 0 Å². The molecule has 1 N–H and O–H groups in total. The lowest BCUT2D eigenvalue weighted by atomic mass is 10.0. The molecule has 4 amide bonds. The number of aryl methyl sites for hydroxylation is 2. The molecule has 1 heterocycles. The van der Waals surface area contributed by atoms with E-state index in [1.165, 1.54) is 6.08 Å². The Kier molecular flexibility index (Phi) is 4.42. The van der Waals surface area contributed by atoms with Crippen molar-refractivity contribution in [3.8, 4) is 0 Å². The molecule has 3 rings (SSSR count). The average molecular weight is 355 g/mol. The van der Waals surface area contributed by atoms with Crippen molar-refractivity contribution in [1.82, 2.24) is 5.32 Å². The van der Waals surface area contributed by atoms with Crippen molar-refractivity contribution < 1.29 is 14.4 Å². The molecule has 0 aliphatic carbocycles. The van der Waals surface area contributed by atoms with Crippen molar-refractivity contribution >= 4 is 41.2 Å². The zero-order chi connectivity index (χ0) is 18.1. The van der Waals surface area contributed by atoms with Gasteiger partial charge in [-0.2, -0.15) is 0 Å². The summed E-state index contributed by atoms with van der Waals surface area (Å²) in [5.74, 6) is -1.39. The number of benzene rings is 2. The van der Waals surface area contributed by atoms with Crippen molar-refractivity contribution in [1.29, 1.82) is 0 Å². The highest BCUT2D eigenvalue weighted by Crippen LogP contribution is 2.26. The van der Waals surface area contributed by atoms with E-state index in [1.807, 2.05) is 13.0 Å². The predicted octanol–water partition coefficient (Wildman–Crippen LogP) is 3.62. The van der Waals surface area contributed by atoms with Crippen LogP contribution < -0.4 is 10.2 Å². The number of amides is 4. The molecule has 0 radical (unpaired) electrons. The molecular weight excluding hydrogens is 340 g/mol. The summed E-state index contributed by atoms with van der Waals surface area (Å²) < 4.78 is 0. The number of carbonyl (C=O) groups excluding carboxylic acids is 3. The van der Waals surface area contributed by atoms with Gasteiger partial charge in [0.05, 0.1) is 5.69 Å². The van der Waals surface area contributed by atoms with Gasteiger partial charge in [0.15, 0.2) is 0 Å². The van der Waals surface area contributed by atoms with E-state index in [1.54, 1.807) is 43.3 Å². The van der Waals surface area contributed by atoms with E-state index < -0.39 is 17.8 Å². The lowest BCUT2D eigenvalue weighted by Crippen LogP contribution is -2.54. The fourth-order valence-electron chi connectivity index (χ4n) is 2.70. The first-order chi connectivity index (χ1) is 11.9. The van der Waals surface area contributed by atoms with Gasteiger partial charge in [0.2, 0.25) is 0 Å². The quantitative estimate of drug-likeness (QED) is 0.661. The number of nitrogens with zero attached hydrogens (tertiary/aromatic N) is 1. The maximum absolute atomic E-state index is 12.8. The Morgan fingerprint density at radius 1 is 1.04 bits per heavy atom. The van der Waals surface area contributed by atoms with E-state index in [2.05, 4.69) is 5.32 Å². The molecule has 0 atom stereocenters. The first-order valence-electron chi connectivity index (χ1n) is 7.61. The van der Waals surface area contributed by atoms with Gasteiger partial charge in [-0.1, -0.05) is 41.4 Å². The molecule has 25 heavy (non-hydrogen) atoms. The number of carbonyl (C=O) groups is 3. The fourth-order valence-corrected chi connectivity index (χ4v) is 2.89. The fraction of sp³-hybridized carbons (Fsp3) is 0.105. The highest BCUT2D eigenvalue weighted by molar-refractivity contribution is 6.39. The first kappa shape index (κ1) is 16.9. The van der Waals surface area contributed by atoms with E-state index in [0.29, 0.717) is 16.3 Å². The summed E-state index contributed by atoms with van der Waals surface area (Å²) in [6, 6.07) is 11.4. The van der Waals surface area contributed by atoms with Gasteiger partial charge in [-0.25, -0.2) is 9.69 Å². The van der Waals surface area contributed by atoms with Crippen LogP contribution in [0.15, 0.2) is 48.0 Å². The second-order valence-corrected chi connectivity index (χ2v) is 6.24. The van der Waals surface area contributed by atoms with Crippen LogP contribution >= 0.6 is 11.6 Å². The van der Waals surface area contributed by atoms with Crippen molar-refractivity contribution in [3.05, 3.63) is 69.8 Å². The van der Waals surface area contributed by atoms with Gasteiger partial charge in [-0.3, -0.25) is 14.9 Å². The minimum atomic E-state index is -0.759. The number of anilines is 1. The molecule has 126 valence electrons. The third-order valence-electron chi connectivity index (χ3n) is 3.85. The minimum absolute atomic E-state index is 0.123. The molecule has 0 spiro atoms. The summed E-state index contributed by atoms with van der Waals surface area (Å²) >= 11 is 5.94.